The molecule has 0 N–H and O–H groups in total. The fourth-order valence-electron chi connectivity index (χ4n) is 7.15. The molecule has 9 rings (SSSR count). The molecule has 7 aromatic rings. The summed E-state index contributed by atoms with van der Waals surface area (Å²) < 4.78 is 42.8. The Balaban J connectivity index is 1.31. The van der Waals surface area contributed by atoms with Crippen LogP contribution in [0, 0.1) is 5.92 Å². The lowest BCUT2D eigenvalue weighted by atomic mass is 9.86. The van der Waals surface area contributed by atoms with Gasteiger partial charge in [0.2, 0.25) is 0 Å². The van der Waals surface area contributed by atoms with Crippen LogP contribution in [0.3, 0.4) is 0 Å². The summed E-state index contributed by atoms with van der Waals surface area (Å²) in [7, 11) is 0. The van der Waals surface area contributed by atoms with Gasteiger partial charge in [0, 0.05) is 16.9 Å². The third-order valence-electron chi connectivity index (χ3n) is 8.94. The molecule has 1 heteroatoms. The molecule has 0 radical (unpaired) electrons. The highest BCUT2D eigenvalue weighted by Crippen LogP contribution is 2.48. The van der Waals surface area contributed by atoms with Crippen LogP contribution in [0.2, 0.25) is 0 Å². The average molecular weight is 541 g/mol. The number of benzene rings is 6. The Morgan fingerprint density at radius 3 is 2.05 bits per heavy atom. The molecule has 2 aliphatic rings. The predicted octanol–water partition coefficient (Wildman–Crippen LogP) is 11.1. The van der Waals surface area contributed by atoms with Gasteiger partial charge in [0.25, 0.3) is 0 Å². The number of rotatable bonds is 3. The smallest absolute Gasteiger partial charge is 0.135 e. The van der Waals surface area contributed by atoms with Crippen LogP contribution in [0.4, 0.5) is 0 Å². The van der Waals surface area contributed by atoms with Gasteiger partial charge in [0.1, 0.15) is 11.3 Å². The molecular formula is C41H28O. The van der Waals surface area contributed by atoms with Crippen LogP contribution in [0.1, 0.15) is 22.5 Å². The van der Waals surface area contributed by atoms with Crippen LogP contribution in [0.5, 0.6) is 0 Å². The number of hydrogen-bond acceptors (Lipinski definition) is 1. The van der Waals surface area contributed by atoms with E-state index in [9.17, 15) is 0 Å². The first-order valence-corrected chi connectivity index (χ1v) is 14.5. The maximum atomic E-state index is 9.11. The minimum Gasteiger partial charge on any atom is -0.456 e. The summed E-state index contributed by atoms with van der Waals surface area (Å²) in [6, 6.07) is 32.2. The molecule has 42 heavy (non-hydrogen) atoms. The van der Waals surface area contributed by atoms with E-state index in [1.54, 1.807) is 24.3 Å². The largest absolute Gasteiger partial charge is 0.456 e. The lowest BCUT2D eigenvalue weighted by Gasteiger charge is -2.17. The van der Waals surface area contributed by atoms with Crippen molar-refractivity contribution < 1.29 is 9.90 Å². The van der Waals surface area contributed by atoms with Gasteiger partial charge in [0.05, 0.1) is 5.48 Å². The summed E-state index contributed by atoms with van der Waals surface area (Å²) in [5, 5.41) is 3.40. The van der Waals surface area contributed by atoms with E-state index in [-0.39, 0.29) is 24.2 Å². The fraction of sp³-hybridized carbons (Fsp3) is 0.0732. The van der Waals surface area contributed by atoms with E-state index in [0.717, 1.165) is 45.4 Å². The summed E-state index contributed by atoms with van der Waals surface area (Å²) in [6.45, 7) is 0. The summed E-state index contributed by atoms with van der Waals surface area (Å²) >= 11 is 0. The van der Waals surface area contributed by atoms with Crippen molar-refractivity contribution in [2.75, 3.05) is 0 Å². The van der Waals surface area contributed by atoms with Gasteiger partial charge in [-0.1, -0.05) is 127 Å². The molecule has 0 amide bonds. The maximum Gasteiger partial charge on any atom is 0.135 e. The van der Waals surface area contributed by atoms with Gasteiger partial charge in [0.15, 0.2) is 0 Å². The highest BCUT2D eigenvalue weighted by Gasteiger charge is 2.33. The average Bonchev–Trinajstić information content (AvgIpc) is 3.69. The predicted molar refractivity (Wildman–Crippen MR) is 176 cm³/mol. The first kappa shape index (κ1) is 19.9. The monoisotopic (exact) mass is 540 g/mol. The van der Waals surface area contributed by atoms with E-state index >= 15 is 0 Å². The van der Waals surface area contributed by atoms with Crippen molar-refractivity contribution in [1.82, 2.24) is 0 Å². The maximum absolute atomic E-state index is 9.11. The molecule has 2 unspecified atom stereocenters. The van der Waals surface area contributed by atoms with Crippen LogP contribution in [-0.4, -0.2) is 0 Å². The fourth-order valence-corrected chi connectivity index (χ4v) is 7.15. The summed E-state index contributed by atoms with van der Waals surface area (Å²) in [6.07, 6.45) is 9.92. The Morgan fingerprint density at radius 2 is 1.31 bits per heavy atom. The Bertz CT molecular complexity index is 2380. The minimum absolute atomic E-state index is 0.284. The van der Waals surface area contributed by atoms with E-state index in [1.807, 2.05) is 42.5 Å². The van der Waals surface area contributed by atoms with Crippen LogP contribution >= 0.6 is 0 Å². The van der Waals surface area contributed by atoms with Gasteiger partial charge in [-0.05, 0) is 85.5 Å². The second-order valence-electron chi connectivity index (χ2n) is 11.3. The highest BCUT2D eigenvalue weighted by atomic mass is 16.3. The van der Waals surface area contributed by atoms with E-state index < -0.39 is 0 Å². The Hall–Kier alpha value is -5.14. The van der Waals surface area contributed by atoms with Crippen LogP contribution < -0.4 is 0 Å². The van der Waals surface area contributed by atoms with Gasteiger partial charge < -0.3 is 4.42 Å². The van der Waals surface area contributed by atoms with Crippen molar-refractivity contribution in [2.24, 2.45) is 5.92 Å². The molecule has 0 saturated carbocycles. The van der Waals surface area contributed by atoms with E-state index in [1.165, 1.54) is 11.1 Å². The topological polar surface area (TPSA) is 13.1 Å². The van der Waals surface area contributed by atoms with Gasteiger partial charge in [-0.3, -0.25) is 0 Å². The molecule has 1 heterocycles. The summed E-state index contributed by atoms with van der Waals surface area (Å²) in [5.41, 5.74) is 7.69. The Kier molecular flexibility index (Phi) is 4.34. The van der Waals surface area contributed by atoms with Crippen LogP contribution in [0.25, 0.3) is 66.1 Å². The van der Waals surface area contributed by atoms with E-state index in [2.05, 4.69) is 54.6 Å². The molecule has 0 saturated heterocycles. The summed E-state index contributed by atoms with van der Waals surface area (Å²) in [4.78, 5) is 0. The van der Waals surface area contributed by atoms with Crippen LogP contribution in [-0.2, 0) is 6.42 Å². The zero-order chi connectivity index (χ0) is 31.1. The van der Waals surface area contributed by atoms with Gasteiger partial charge in [-0.15, -0.1) is 0 Å². The number of furan rings is 1. The quantitative estimate of drug-likeness (QED) is 0.203. The molecular weight excluding hydrogens is 508 g/mol. The van der Waals surface area contributed by atoms with Crippen molar-refractivity contribution in [3.05, 3.63) is 157 Å². The lowest BCUT2D eigenvalue weighted by molar-refractivity contribution is 0.619. The standard InChI is InChI=1S/C41H28O/c1-2-11-26(12-3-1)39-32-16-6-8-18-34(32)41(35-19-9-7-17-33(35)39)29-21-22-37-30(24-29)25-38(42-37)36-20-10-14-28-23-27-13-4-5-15-31(27)40(28)36/h1-22,24-25,27,31H,23H2/i16D,17D,18D,19D. The molecule has 198 valence electrons. The number of hydrogen-bond donors (Lipinski definition) is 0. The molecule has 1 aromatic heterocycles. The molecule has 0 aliphatic heterocycles. The molecule has 0 spiro atoms. The first-order valence-electron chi connectivity index (χ1n) is 16.5. The van der Waals surface area contributed by atoms with Gasteiger partial charge in [-0.2, -0.15) is 0 Å². The molecule has 1 nitrogen and oxygen atoms in total. The van der Waals surface area contributed by atoms with E-state index in [0.29, 0.717) is 38.9 Å². The molecule has 2 atom stereocenters. The molecule has 6 aromatic carbocycles. The zero-order valence-electron chi connectivity index (χ0n) is 26.8. The van der Waals surface area contributed by atoms with Crippen molar-refractivity contribution in [2.45, 2.75) is 12.3 Å². The molecule has 0 bridgehead atoms. The van der Waals surface area contributed by atoms with Crippen molar-refractivity contribution in [3.63, 3.8) is 0 Å². The van der Waals surface area contributed by atoms with Crippen LogP contribution in [0.15, 0.2) is 150 Å². The zero-order valence-corrected chi connectivity index (χ0v) is 22.8. The Labute approximate surface area is 250 Å². The SMILES string of the molecule is [2H]c1ccc([2H])c2c(-c3ccc4oc(-c5cccc6c5C5C=CC=CC5C6)cc4c3)c3c([2H])ccc([2H])c3c(-c3ccccc3)c12. The molecule has 2 aliphatic carbocycles. The Morgan fingerprint density at radius 1 is 0.619 bits per heavy atom. The van der Waals surface area contributed by atoms with Crippen molar-refractivity contribution >= 4 is 32.5 Å². The first-order chi connectivity index (χ1) is 22.5. The highest BCUT2D eigenvalue weighted by molar-refractivity contribution is 6.21. The lowest BCUT2D eigenvalue weighted by Crippen LogP contribution is -2.05. The van der Waals surface area contributed by atoms with Crippen molar-refractivity contribution in [3.8, 4) is 33.6 Å². The minimum atomic E-state index is 0.284. The van der Waals surface area contributed by atoms with Gasteiger partial charge >= 0.3 is 0 Å². The number of fused-ring (bicyclic) bond motifs is 6. The van der Waals surface area contributed by atoms with E-state index in [4.69, 9.17) is 9.90 Å². The number of allylic oxidation sites excluding steroid dienone is 4. The molecule has 0 fully saturated rings. The normalized spacial score (nSPS) is 18.6. The second-order valence-corrected chi connectivity index (χ2v) is 11.3. The van der Waals surface area contributed by atoms with Gasteiger partial charge in [-0.25, -0.2) is 0 Å². The summed E-state index contributed by atoms with van der Waals surface area (Å²) in [5.74, 6) is 1.63. The third kappa shape index (κ3) is 3.50. The third-order valence-corrected chi connectivity index (χ3v) is 8.94. The van der Waals surface area contributed by atoms with Crippen molar-refractivity contribution in [1.29, 1.82) is 0 Å². The second kappa shape index (κ2) is 9.19.